The molecule has 0 N–H and O–H groups in total. The fraction of sp³-hybridized carbons (Fsp3) is 0.471. The van der Waals surface area contributed by atoms with Crippen molar-refractivity contribution in [2.24, 2.45) is 11.8 Å². The molecule has 2 aliphatic rings. The van der Waals surface area contributed by atoms with Crippen molar-refractivity contribution in [2.75, 3.05) is 11.6 Å². The monoisotopic (exact) mass is 300 g/mol. The van der Waals surface area contributed by atoms with Crippen molar-refractivity contribution >= 4 is 23.4 Å². The summed E-state index contributed by atoms with van der Waals surface area (Å²) in [5.74, 6) is -0.757. The van der Waals surface area contributed by atoms with Crippen molar-refractivity contribution in [1.29, 1.82) is 0 Å². The Balaban J connectivity index is 1.83. The van der Waals surface area contributed by atoms with E-state index in [9.17, 15) is 14.4 Å². The molecule has 116 valence electrons. The number of para-hydroxylation sites is 1. The number of anilines is 1. The Morgan fingerprint density at radius 3 is 2.14 bits per heavy atom. The number of amides is 3. The summed E-state index contributed by atoms with van der Waals surface area (Å²) in [6.07, 6.45) is 3.58. The maximum Gasteiger partial charge on any atom is 0.234 e. The molecule has 5 nitrogen and oxygen atoms in total. The molecule has 1 aliphatic carbocycles. The lowest BCUT2D eigenvalue weighted by Crippen LogP contribution is -2.44. The lowest BCUT2D eigenvalue weighted by Gasteiger charge is -2.26. The molecule has 0 radical (unpaired) electrons. The molecule has 2 atom stereocenters. The molecule has 1 saturated heterocycles. The van der Waals surface area contributed by atoms with Gasteiger partial charge in [-0.2, -0.15) is 0 Å². The number of fused-ring (bicyclic) bond motifs is 1. The molecule has 0 spiro atoms. The first kappa shape index (κ1) is 14.8. The van der Waals surface area contributed by atoms with Crippen LogP contribution in [0.4, 0.5) is 5.69 Å². The van der Waals surface area contributed by atoms with Crippen LogP contribution < -0.4 is 4.90 Å². The van der Waals surface area contributed by atoms with Crippen LogP contribution in [0.3, 0.4) is 0 Å². The van der Waals surface area contributed by atoms with Gasteiger partial charge in [0.2, 0.25) is 17.7 Å². The highest BCUT2D eigenvalue weighted by molar-refractivity contribution is 6.06. The van der Waals surface area contributed by atoms with Crippen LogP contribution in [0.1, 0.15) is 32.6 Å². The fourth-order valence-electron chi connectivity index (χ4n) is 3.48. The summed E-state index contributed by atoms with van der Waals surface area (Å²) in [5, 5.41) is 0. The highest BCUT2D eigenvalue weighted by atomic mass is 16.2. The minimum absolute atomic E-state index is 0.0179. The molecule has 3 amide bonds. The summed E-state index contributed by atoms with van der Waals surface area (Å²) in [4.78, 5) is 39.7. The zero-order valence-electron chi connectivity index (χ0n) is 12.7. The van der Waals surface area contributed by atoms with E-state index in [0.29, 0.717) is 5.69 Å². The molecule has 1 heterocycles. The molecule has 3 rings (SSSR count). The SMILES string of the molecule is CC(=O)N(CN1C(=O)[C@@H]2CCCC[C@H]2C1=O)c1ccccc1. The molecule has 0 unspecified atom stereocenters. The van der Waals surface area contributed by atoms with Crippen molar-refractivity contribution in [3.05, 3.63) is 30.3 Å². The van der Waals surface area contributed by atoms with E-state index in [0.717, 1.165) is 25.7 Å². The van der Waals surface area contributed by atoms with Gasteiger partial charge < -0.3 is 0 Å². The molecule has 1 aromatic carbocycles. The Kier molecular flexibility index (Phi) is 3.96. The number of benzene rings is 1. The van der Waals surface area contributed by atoms with Crippen LogP contribution in [0.25, 0.3) is 0 Å². The zero-order valence-corrected chi connectivity index (χ0v) is 12.7. The average Bonchev–Trinajstić information content (AvgIpc) is 2.78. The Morgan fingerprint density at radius 1 is 1.09 bits per heavy atom. The van der Waals surface area contributed by atoms with E-state index in [2.05, 4.69) is 0 Å². The molecule has 2 fully saturated rings. The number of likely N-dealkylation sites (tertiary alicyclic amines) is 1. The maximum absolute atomic E-state index is 12.5. The third-order valence-corrected chi connectivity index (χ3v) is 4.66. The second kappa shape index (κ2) is 5.91. The van der Waals surface area contributed by atoms with Crippen LogP contribution >= 0.6 is 0 Å². The molecule has 0 aromatic heterocycles. The third-order valence-electron chi connectivity index (χ3n) is 4.66. The van der Waals surface area contributed by atoms with E-state index in [4.69, 9.17) is 0 Å². The third kappa shape index (κ3) is 2.51. The smallest absolute Gasteiger partial charge is 0.234 e. The molecule has 5 heteroatoms. The number of rotatable bonds is 3. The molecule has 0 bridgehead atoms. The number of nitrogens with zero attached hydrogens (tertiary/aromatic N) is 2. The summed E-state index contributed by atoms with van der Waals surface area (Å²) in [6, 6.07) is 9.14. The van der Waals surface area contributed by atoms with Gasteiger partial charge in [0.05, 0.1) is 11.8 Å². The van der Waals surface area contributed by atoms with Gasteiger partial charge in [-0.05, 0) is 25.0 Å². The number of hydrogen-bond donors (Lipinski definition) is 0. The number of carbonyl (C=O) groups excluding carboxylic acids is 3. The van der Waals surface area contributed by atoms with Crippen molar-refractivity contribution in [3.63, 3.8) is 0 Å². The number of imide groups is 1. The van der Waals surface area contributed by atoms with Crippen LogP contribution in [-0.2, 0) is 14.4 Å². The zero-order chi connectivity index (χ0) is 15.7. The predicted octanol–water partition coefficient (Wildman–Crippen LogP) is 2.17. The topological polar surface area (TPSA) is 57.7 Å². The van der Waals surface area contributed by atoms with Gasteiger partial charge >= 0.3 is 0 Å². The van der Waals surface area contributed by atoms with E-state index in [-0.39, 0.29) is 36.2 Å². The summed E-state index contributed by atoms with van der Waals surface area (Å²) in [6.45, 7) is 1.47. The van der Waals surface area contributed by atoms with E-state index in [1.165, 1.54) is 16.7 Å². The average molecular weight is 300 g/mol. The lowest BCUT2D eigenvalue weighted by atomic mass is 9.81. The van der Waals surface area contributed by atoms with Crippen molar-refractivity contribution < 1.29 is 14.4 Å². The van der Waals surface area contributed by atoms with Gasteiger partial charge in [-0.15, -0.1) is 0 Å². The summed E-state index contributed by atoms with van der Waals surface area (Å²) < 4.78 is 0. The summed E-state index contributed by atoms with van der Waals surface area (Å²) >= 11 is 0. The molecular formula is C17H20N2O3. The van der Waals surface area contributed by atoms with Crippen LogP contribution in [0.15, 0.2) is 30.3 Å². The molecule has 1 aliphatic heterocycles. The Labute approximate surface area is 129 Å². The van der Waals surface area contributed by atoms with E-state index in [1.54, 1.807) is 12.1 Å². The highest BCUT2D eigenvalue weighted by Gasteiger charge is 2.48. The second-order valence-corrected chi connectivity index (χ2v) is 6.03. The highest BCUT2D eigenvalue weighted by Crippen LogP contribution is 2.38. The van der Waals surface area contributed by atoms with E-state index in [1.807, 2.05) is 18.2 Å². The summed E-state index contributed by atoms with van der Waals surface area (Å²) in [7, 11) is 0. The van der Waals surface area contributed by atoms with Gasteiger partial charge in [0.1, 0.15) is 6.67 Å². The van der Waals surface area contributed by atoms with Crippen LogP contribution in [0.5, 0.6) is 0 Å². The molecule has 1 aromatic rings. The number of carbonyl (C=O) groups is 3. The largest absolute Gasteiger partial charge is 0.294 e. The Bertz CT molecular complexity index is 575. The van der Waals surface area contributed by atoms with Crippen LogP contribution in [0, 0.1) is 11.8 Å². The van der Waals surface area contributed by atoms with Crippen molar-refractivity contribution in [3.8, 4) is 0 Å². The van der Waals surface area contributed by atoms with Gasteiger partial charge in [0, 0.05) is 12.6 Å². The first-order valence-electron chi connectivity index (χ1n) is 7.78. The van der Waals surface area contributed by atoms with Crippen molar-refractivity contribution in [2.45, 2.75) is 32.6 Å². The first-order valence-corrected chi connectivity index (χ1v) is 7.78. The molecular weight excluding hydrogens is 280 g/mol. The minimum Gasteiger partial charge on any atom is -0.294 e. The number of hydrogen-bond acceptors (Lipinski definition) is 3. The summed E-state index contributed by atoms with van der Waals surface area (Å²) in [5.41, 5.74) is 0.700. The predicted molar refractivity (Wildman–Crippen MR) is 81.8 cm³/mol. The fourth-order valence-corrected chi connectivity index (χ4v) is 3.48. The quantitative estimate of drug-likeness (QED) is 0.804. The Morgan fingerprint density at radius 2 is 1.64 bits per heavy atom. The van der Waals surface area contributed by atoms with Gasteiger partial charge in [-0.3, -0.25) is 24.2 Å². The van der Waals surface area contributed by atoms with Crippen LogP contribution in [0.2, 0.25) is 0 Å². The molecule has 22 heavy (non-hydrogen) atoms. The Hall–Kier alpha value is -2.17. The normalized spacial score (nSPS) is 24.3. The van der Waals surface area contributed by atoms with Gasteiger partial charge in [-0.25, -0.2) is 0 Å². The van der Waals surface area contributed by atoms with Crippen molar-refractivity contribution in [1.82, 2.24) is 4.90 Å². The standard InChI is InChI=1S/C17H20N2O3/c1-12(20)18(13-7-3-2-4-8-13)11-19-16(21)14-9-5-6-10-15(14)17(19)22/h2-4,7-8,14-15H,5-6,9-11H2,1H3/t14-,15-/m1/s1. The first-order chi connectivity index (χ1) is 10.6. The maximum atomic E-state index is 12.5. The van der Waals surface area contributed by atoms with Gasteiger partial charge in [0.25, 0.3) is 0 Å². The van der Waals surface area contributed by atoms with Gasteiger partial charge in [-0.1, -0.05) is 31.0 Å². The van der Waals surface area contributed by atoms with E-state index >= 15 is 0 Å². The van der Waals surface area contributed by atoms with Gasteiger partial charge in [0.15, 0.2) is 0 Å². The second-order valence-electron chi connectivity index (χ2n) is 6.03. The lowest BCUT2D eigenvalue weighted by molar-refractivity contribution is -0.140. The van der Waals surface area contributed by atoms with E-state index < -0.39 is 0 Å². The minimum atomic E-state index is -0.179. The molecule has 1 saturated carbocycles. The van der Waals surface area contributed by atoms with Crippen LogP contribution in [-0.4, -0.2) is 29.3 Å².